The number of anilines is 1. The monoisotopic (exact) mass is 332 g/mol. The molecule has 0 spiro atoms. The molecule has 7 heteroatoms. The Balaban J connectivity index is 1.65. The fourth-order valence-corrected chi connectivity index (χ4v) is 3.36. The highest BCUT2D eigenvalue weighted by atomic mass is 35.5. The van der Waals surface area contributed by atoms with Crippen molar-refractivity contribution in [3.05, 3.63) is 47.0 Å². The topological polar surface area (TPSA) is 60.5 Å². The quantitative estimate of drug-likeness (QED) is 0.772. The number of thiazole rings is 1. The van der Waals surface area contributed by atoms with Gasteiger partial charge in [-0.1, -0.05) is 29.0 Å². The van der Waals surface area contributed by atoms with Crippen LogP contribution in [0.4, 0.5) is 5.13 Å². The van der Waals surface area contributed by atoms with E-state index in [-0.39, 0.29) is 12.7 Å². The third-order valence-electron chi connectivity index (χ3n) is 3.21. The van der Waals surface area contributed by atoms with Gasteiger partial charge in [0, 0.05) is 5.02 Å². The van der Waals surface area contributed by atoms with Gasteiger partial charge in [0.2, 0.25) is 6.79 Å². The molecule has 0 saturated heterocycles. The lowest BCUT2D eigenvalue weighted by atomic mass is 10.2. The Labute approximate surface area is 134 Å². The summed E-state index contributed by atoms with van der Waals surface area (Å²) < 4.78 is 11.5. The number of nitrogens with one attached hydrogen (secondary N) is 1. The van der Waals surface area contributed by atoms with Crippen LogP contribution in [0.1, 0.15) is 10.4 Å². The molecule has 1 aromatic heterocycles. The Morgan fingerprint density at radius 3 is 3.09 bits per heavy atom. The van der Waals surface area contributed by atoms with Gasteiger partial charge in [0.15, 0.2) is 16.6 Å². The molecule has 1 amide bonds. The molecule has 0 atom stereocenters. The third-order valence-corrected chi connectivity index (χ3v) is 4.38. The van der Waals surface area contributed by atoms with Crippen molar-refractivity contribution in [2.75, 3.05) is 12.1 Å². The number of nitrogens with zero attached hydrogens (tertiary/aromatic N) is 1. The molecular formula is C15H9ClN2O3S. The Morgan fingerprint density at radius 1 is 1.27 bits per heavy atom. The maximum Gasteiger partial charge on any atom is 0.261 e. The number of para-hydroxylation sites is 1. The van der Waals surface area contributed by atoms with Crippen molar-refractivity contribution >= 4 is 44.2 Å². The van der Waals surface area contributed by atoms with E-state index in [0.717, 1.165) is 10.2 Å². The zero-order valence-electron chi connectivity index (χ0n) is 11.1. The number of ether oxygens (including phenoxy) is 2. The van der Waals surface area contributed by atoms with E-state index in [1.165, 1.54) is 11.3 Å². The first kappa shape index (κ1) is 13.4. The van der Waals surface area contributed by atoms with Gasteiger partial charge in [0.25, 0.3) is 5.91 Å². The fourth-order valence-electron chi connectivity index (χ4n) is 2.23. The zero-order chi connectivity index (χ0) is 15.1. The lowest BCUT2D eigenvalue weighted by Crippen LogP contribution is -2.12. The second kappa shape index (κ2) is 5.15. The summed E-state index contributed by atoms with van der Waals surface area (Å²) in [5.74, 6) is 0.750. The molecule has 2 aromatic carbocycles. The number of rotatable bonds is 2. The zero-order valence-corrected chi connectivity index (χ0v) is 12.7. The van der Waals surface area contributed by atoms with Crippen LogP contribution in [0.3, 0.4) is 0 Å². The molecule has 1 aliphatic heterocycles. The number of halogens is 1. The molecule has 0 saturated carbocycles. The first-order valence-corrected chi connectivity index (χ1v) is 7.66. The number of carbonyl (C=O) groups is 1. The van der Waals surface area contributed by atoms with E-state index in [0.29, 0.717) is 27.2 Å². The van der Waals surface area contributed by atoms with Crippen LogP contribution in [0, 0.1) is 0 Å². The molecule has 0 bridgehead atoms. The van der Waals surface area contributed by atoms with Gasteiger partial charge in [-0.3, -0.25) is 10.1 Å². The van der Waals surface area contributed by atoms with Crippen LogP contribution < -0.4 is 14.8 Å². The van der Waals surface area contributed by atoms with E-state index in [9.17, 15) is 4.79 Å². The van der Waals surface area contributed by atoms with Crippen molar-refractivity contribution in [3.63, 3.8) is 0 Å². The highest BCUT2D eigenvalue weighted by molar-refractivity contribution is 7.22. The summed E-state index contributed by atoms with van der Waals surface area (Å²) in [6.45, 7) is 0.124. The molecule has 0 radical (unpaired) electrons. The predicted octanol–water partition coefficient (Wildman–Crippen LogP) is 3.93. The highest BCUT2D eigenvalue weighted by Crippen LogP contribution is 2.36. The van der Waals surface area contributed by atoms with Crippen molar-refractivity contribution in [3.8, 4) is 11.5 Å². The van der Waals surface area contributed by atoms with Crippen LogP contribution >= 0.6 is 22.9 Å². The van der Waals surface area contributed by atoms with Crippen molar-refractivity contribution in [1.82, 2.24) is 4.98 Å². The average Bonchev–Trinajstić information content (AvgIpc) is 3.11. The molecule has 3 aromatic rings. The summed E-state index contributed by atoms with van der Waals surface area (Å²) in [6.07, 6.45) is 0. The number of amides is 1. The number of hydrogen-bond donors (Lipinski definition) is 1. The third kappa shape index (κ3) is 2.26. The average molecular weight is 333 g/mol. The Hall–Kier alpha value is -2.31. The minimum Gasteiger partial charge on any atom is -0.454 e. The molecule has 5 nitrogen and oxygen atoms in total. The molecule has 0 fully saturated rings. The summed E-state index contributed by atoms with van der Waals surface area (Å²) in [5.41, 5.74) is 1.22. The van der Waals surface area contributed by atoms with E-state index in [1.54, 1.807) is 24.3 Å². The summed E-state index contributed by atoms with van der Waals surface area (Å²) >= 11 is 7.32. The largest absolute Gasteiger partial charge is 0.454 e. The number of benzene rings is 2. The lowest BCUT2D eigenvalue weighted by Gasteiger charge is -2.04. The molecule has 2 heterocycles. The number of carbonyl (C=O) groups excluding carboxylic acids is 1. The number of hydrogen-bond acceptors (Lipinski definition) is 5. The Morgan fingerprint density at radius 2 is 2.18 bits per heavy atom. The van der Waals surface area contributed by atoms with Crippen LogP contribution in [0.15, 0.2) is 36.4 Å². The minimum atomic E-state index is -0.285. The van der Waals surface area contributed by atoms with Gasteiger partial charge in [-0.2, -0.15) is 0 Å². The van der Waals surface area contributed by atoms with Crippen LogP contribution in [0.2, 0.25) is 5.02 Å². The van der Waals surface area contributed by atoms with Crippen LogP contribution in [-0.4, -0.2) is 17.7 Å². The minimum absolute atomic E-state index is 0.124. The van der Waals surface area contributed by atoms with Crippen molar-refractivity contribution in [2.45, 2.75) is 0 Å². The molecule has 0 unspecified atom stereocenters. The van der Waals surface area contributed by atoms with Gasteiger partial charge in [-0.05, 0) is 30.3 Å². The molecule has 4 rings (SSSR count). The van der Waals surface area contributed by atoms with Gasteiger partial charge in [0.1, 0.15) is 0 Å². The molecule has 110 valence electrons. The van der Waals surface area contributed by atoms with Crippen molar-refractivity contribution in [2.24, 2.45) is 0 Å². The predicted molar refractivity (Wildman–Crippen MR) is 85.1 cm³/mol. The van der Waals surface area contributed by atoms with Gasteiger partial charge in [-0.25, -0.2) is 4.98 Å². The molecule has 1 N–H and O–H groups in total. The van der Waals surface area contributed by atoms with Gasteiger partial charge in [-0.15, -0.1) is 0 Å². The molecule has 22 heavy (non-hydrogen) atoms. The summed E-state index contributed by atoms with van der Waals surface area (Å²) in [5, 5.41) is 3.94. The maximum absolute atomic E-state index is 12.4. The SMILES string of the molecule is O=C(Nc1nc2ccc(Cl)cc2s1)c1cccc2c1OCO2. The van der Waals surface area contributed by atoms with Crippen LogP contribution in [0.5, 0.6) is 11.5 Å². The molecule has 0 aliphatic carbocycles. The standard InChI is InChI=1S/C15H9ClN2O3S/c16-8-4-5-10-12(6-8)22-15(17-10)18-14(19)9-2-1-3-11-13(9)21-7-20-11/h1-6H,7H2,(H,17,18,19). The smallest absolute Gasteiger partial charge is 0.261 e. The summed E-state index contributed by atoms with van der Waals surface area (Å²) in [4.78, 5) is 16.8. The molecule has 1 aliphatic rings. The Kier molecular flexibility index (Phi) is 3.13. The van der Waals surface area contributed by atoms with E-state index in [2.05, 4.69) is 10.3 Å². The first-order chi connectivity index (χ1) is 10.7. The number of aromatic nitrogens is 1. The van der Waals surface area contributed by atoms with Crippen LogP contribution in [-0.2, 0) is 0 Å². The van der Waals surface area contributed by atoms with E-state index >= 15 is 0 Å². The van der Waals surface area contributed by atoms with Gasteiger partial charge in [0.05, 0.1) is 15.8 Å². The second-order valence-corrected chi connectivity index (χ2v) is 6.09. The van der Waals surface area contributed by atoms with Gasteiger partial charge < -0.3 is 9.47 Å². The lowest BCUT2D eigenvalue weighted by molar-refractivity contribution is 0.102. The Bertz CT molecular complexity index is 894. The normalized spacial score (nSPS) is 12.6. The number of fused-ring (bicyclic) bond motifs is 2. The highest BCUT2D eigenvalue weighted by Gasteiger charge is 2.22. The van der Waals surface area contributed by atoms with E-state index < -0.39 is 0 Å². The van der Waals surface area contributed by atoms with Gasteiger partial charge >= 0.3 is 0 Å². The van der Waals surface area contributed by atoms with E-state index in [1.807, 2.05) is 12.1 Å². The summed E-state index contributed by atoms with van der Waals surface area (Å²) in [6, 6.07) is 10.6. The first-order valence-electron chi connectivity index (χ1n) is 6.47. The fraction of sp³-hybridized carbons (Fsp3) is 0.0667. The van der Waals surface area contributed by atoms with Crippen molar-refractivity contribution < 1.29 is 14.3 Å². The maximum atomic E-state index is 12.4. The van der Waals surface area contributed by atoms with Crippen LogP contribution in [0.25, 0.3) is 10.2 Å². The van der Waals surface area contributed by atoms with E-state index in [4.69, 9.17) is 21.1 Å². The van der Waals surface area contributed by atoms with Crippen molar-refractivity contribution in [1.29, 1.82) is 0 Å². The summed E-state index contributed by atoms with van der Waals surface area (Å²) in [7, 11) is 0. The molecular weight excluding hydrogens is 324 g/mol. The second-order valence-electron chi connectivity index (χ2n) is 4.62.